The van der Waals surface area contributed by atoms with Crippen molar-refractivity contribution in [1.82, 2.24) is 10.3 Å². The topological polar surface area (TPSA) is 87.8 Å². The summed E-state index contributed by atoms with van der Waals surface area (Å²) in [4.78, 5) is 13.8. The molecule has 0 spiro atoms. The number of aliphatic hydroxyl groups excluding tert-OH is 1. The molecular weight excluding hydrogens is 222 g/mol. The highest BCUT2D eigenvalue weighted by molar-refractivity contribution is 5.81. The van der Waals surface area contributed by atoms with Crippen LogP contribution in [0.1, 0.15) is 25.7 Å². The van der Waals surface area contributed by atoms with Crippen molar-refractivity contribution >= 4 is 5.91 Å². The third-order valence-corrected chi connectivity index (χ3v) is 3.30. The number of rotatable bonds is 6. The quantitative estimate of drug-likeness (QED) is 0.325. The lowest BCUT2D eigenvalue weighted by Crippen LogP contribution is -2.56. The van der Waals surface area contributed by atoms with E-state index in [-0.39, 0.29) is 24.6 Å². The first kappa shape index (κ1) is 14.4. The molecule has 1 saturated heterocycles. The molecule has 2 atom stereocenters. The van der Waals surface area contributed by atoms with Crippen LogP contribution in [0.15, 0.2) is 0 Å². The van der Waals surface area contributed by atoms with E-state index in [1.54, 1.807) is 7.11 Å². The number of carbonyl (C=O) groups is 1. The summed E-state index contributed by atoms with van der Waals surface area (Å²) >= 11 is 0. The summed E-state index contributed by atoms with van der Waals surface area (Å²) in [5, 5.41) is 9.06. The van der Waals surface area contributed by atoms with Crippen LogP contribution in [0.3, 0.4) is 0 Å². The van der Waals surface area contributed by atoms with Crippen LogP contribution in [0, 0.1) is 0 Å². The molecule has 1 aliphatic heterocycles. The lowest BCUT2D eigenvalue weighted by Gasteiger charge is -2.39. The minimum absolute atomic E-state index is 0.144. The zero-order valence-corrected chi connectivity index (χ0v) is 10.4. The maximum Gasteiger partial charge on any atom is 0.253 e. The Morgan fingerprint density at radius 2 is 2.41 bits per heavy atom. The van der Waals surface area contributed by atoms with Crippen molar-refractivity contribution < 1.29 is 14.6 Å². The Bertz CT molecular complexity index is 236. The average Bonchev–Trinajstić information content (AvgIpc) is 2.36. The molecule has 6 nitrogen and oxygen atoms in total. The van der Waals surface area contributed by atoms with E-state index >= 15 is 0 Å². The van der Waals surface area contributed by atoms with E-state index in [1.165, 1.54) is 0 Å². The highest BCUT2D eigenvalue weighted by Gasteiger charge is 2.32. The maximum absolute atomic E-state index is 11.7. The van der Waals surface area contributed by atoms with E-state index in [0.717, 1.165) is 25.8 Å². The van der Waals surface area contributed by atoms with Crippen LogP contribution >= 0.6 is 0 Å². The van der Waals surface area contributed by atoms with Crippen LogP contribution in [-0.2, 0) is 9.53 Å². The summed E-state index contributed by atoms with van der Waals surface area (Å²) in [6, 6.07) is -0.118. The molecule has 1 rings (SSSR count). The van der Waals surface area contributed by atoms with Crippen molar-refractivity contribution in [3.05, 3.63) is 0 Å². The molecule has 2 unspecified atom stereocenters. The molecule has 0 aromatic heterocycles. The molecule has 0 saturated carbocycles. The molecule has 6 heteroatoms. The second-order valence-corrected chi connectivity index (χ2v) is 4.38. The maximum atomic E-state index is 11.7. The molecule has 0 bridgehead atoms. The fraction of sp³-hybridized carbons (Fsp3) is 0.909. The Morgan fingerprint density at radius 1 is 1.65 bits per heavy atom. The van der Waals surface area contributed by atoms with Crippen LogP contribution in [0.5, 0.6) is 0 Å². The predicted molar refractivity (Wildman–Crippen MR) is 64.0 cm³/mol. The van der Waals surface area contributed by atoms with E-state index in [9.17, 15) is 4.79 Å². The number of hydrazine groups is 1. The number of ether oxygens (including phenoxy) is 1. The van der Waals surface area contributed by atoms with Gasteiger partial charge in [-0.3, -0.25) is 15.1 Å². The molecule has 0 radical (unpaired) electrons. The fourth-order valence-corrected chi connectivity index (χ4v) is 2.47. The molecule has 1 heterocycles. The molecule has 1 aliphatic rings. The van der Waals surface area contributed by atoms with Crippen LogP contribution < -0.4 is 11.3 Å². The number of nitrogens with two attached hydrogens (primary N) is 1. The lowest BCUT2D eigenvalue weighted by atomic mass is 9.97. The first-order chi connectivity index (χ1) is 8.24. The van der Waals surface area contributed by atoms with Gasteiger partial charge >= 0.3 is 0 Å². The van der Waals surface area contributed by atoms with Crippen molar-refractivity contribution in [1.29, 1.82) is 0 Å². The highest BCUT2D eigenvalue weighted by atomic mass is 16.5. The third-order valence-electron chi connectivity index (χ3n) is 3.30. The largest absolute Gasteiger partial charge is 0.396 e. The predicted octanol–water partition coefficient (Wildman–Crippen LogP) is -0.772. The van der Waals surface area contributed by atoms with E-state index in [2.05, 4.69) is 10.3 Å². The van der Waals surface area contributed by atoms with Crippen molar-refractivity contribution in [2.24, 2.45) is 5.84 Å². The van der Waals surface area contributed by atoms with Gasteiger partial charge in [0, 0.05) is 19.8 Å². The van der Waals surface area contributed by atoms with Crippen LogP contribution in [-0.4, -0.2) is 54.9 Å². The van der Waals surface area contributed by atoms with Gasteiger partial charge in [0.05, 0.1) is 6.61 Å². The minimum Gasteiger partial charge on any atom is -0.396 e. The zero-order valence-electron chi connectivity index (χ0n) is 10.4. The summed E-state index contributed by atoms with van der Waals surface area (Å²) in [6.45, 7) is 1.32. The number of hydrogen-bond acceptors (Lipinski definition) is 5. The smallest absolute Gasteiger partial charge is 0.253 e. The Hall–Kier alpha value is -0.690. The first-order valence-electron chi connectivity index (χ1n) is 6.10. The van der Waals surface area contributed by atoms with Crippen molar-refractivity contribution in [2.75, 3.05) is 26.9 Å². The number of aliphatic hydroxyl groups is 1. The number of nitrogens with zero attached hydrogens (tertiary/aromatic N) is 1. The van der Waals surface area contributed by atoms with Gasteiger partial charge in [-0.05, 0) is 25.8 Å². The Labute approximate surface area is 102 Å². The number of nitrogens with one attached hydrogen (secondary N) is 1. The molecule has 1 amide bonds. The number of piperidine rings is 1. The van der Waals surface area contributed by atoms with Gasteiger partial charge in [0.2, 0.25) is 0 Å². The van der Waals surface area contributed by atoms with Crippen LogP contribution in [0.25, 0.3) is 0 Å². The average molecular weight is 245 g/mol. The molecule has 1 fully saturated rings. The monoisotopic (exact) mass is 245 g/mol. The SMILES string of the molecule is COCC(C(=O)NN)N1CCCCC1CCO. The van der Waals surface area contributed by atoms with Crippen molar-refractivity contribution in [2.45, 2.75) is 37.8 Å². The molecule has 100 valence electrons. The number of likely N-dealkylation sites (tertiary alicyclic amines) is 1. The third kappa shape index (κ3) is 3.92. The number of hydrogen-bond donors (Lipinski definition) is 3. The molecule has 17 heavy (non-hydrogen) atoms. The summed E-state index contributed by atoms with van der Waals surface area (Å²) in [6.07, 6.45) is 3.92. The fourth-order valence-electron chi connectivity index (χ4n) is 2.47. The molecule has 4 N–H and O–H groups in total. The molecule has 0 aromatic rings. The molecule has 0 aromatic carbocycles. The summed E-state index contributed by atoms with van der Waals surface area (Å²) in [5.41, 5.74) is 2.19. The second kappa shape index (κ2) is 7.60. The van der Waals surface area contributed by atoms with Gasteiger partial charge in [-0.2, -0.15) is 0 Å². The van der Waals surface area contributed by atoms with Gasteiger partial charge in [0.15, 0.2) is 0 Å². The standard InChI is InChI=1S/C11H23N3O3/c1-17-8-10(11(16)13-12)14-6-3-2-4-9(14)5-7-15/h9-10,15H,2-8,12H2,1H3,(H,13,16). The summed E-state index contributed by atoms with van der Waals surface area (Å²) in [7, 11) is 1.57. The van der Waals surface area contributed by atoms with E-state index in [4.69, 9.17) is 15.7 Å². The number of amides is 1. The van der Waals surface area contributed by atoms with Gasteiger partial charge in [-0.1, -0.05) is 6.42 Å². The normalized spacial score (nSPS) is 23.4. The zero-order chi connectivity index (χ0) is 12.7. The van der Waals surface area contributed by atoms with Crippen LogP contribution in [0.2, 0.25) is 0 Å². The van der Waals surface area contributed by atoms with E-state index in [1.807, 2.05) is 0 Å². The Balaban J connectivity index is 2.70. The van der Waals surface area contributed by atoms with Crippen molar-refractivity contribution in [3.8, 4) is 0 Å². The summed E-state index contributed by atoms with van der Waals surface area (Å²) in [5.74, 6) is 4.97. The number of methoxy groups -OCH3 is 1. The highest BCUT2D eigenvalue weighted by Crippen LogP contribution is 2.22. The molecular formula is C11H23N3O3. The van der Waals surface area contributed by atoms with Gasteiger partial charge in [0.1, 0.15) is 6.04 Å². The van der Waals surface area contributed by atoms with Crippen molar-refractivity contribution in [3.63, 3.8) is 0 Å². The lowest BCUT2D eigenvalue weighted by molar-refractivity contribution is -0.130. The minimum atomic E-state index is -0.359. The van der Waals surface area contributed by atoms with E-state index < -0.39 is 0 Å². The number of carbonyl (C=O) groups excluding carboxylic acids is 1. The Kier molecular flexibility index (Phi) is 6.43. The van der Waals surface area contributed by atoms with E-state index in [0.29, 0.717) is 13.0 Å². The summed E-state index contributed by atoms with van der Waals surface area (Å²) < 4.78 is 5.09. The van der Waals surface area contributed by atoms with Crippen LogP contribution in [0.4, 0.5) is 0 Å². The van der Waals surface area contributed by atoms with Gasteiger partial charge in [-0.15, -0.1) is 0 Å². The Morgan fingerprint density at radius 3 is 3.00 bits per heavy atom. The van der Waals surface area contributed by atoms with Gasteiger partial charge in [0.25, 0.3) is 5.91 Å². The van der Waals surface area contributed by atoms with Gasteiger partial charge in [-0.25, -0.2) is 5.84 Å². The molecule has 0 aliphatic carbocycles. The second-order valence-electron chi connectivity index (χ2n) is 4.38. The van der Waals surface area contributed by atoms with Gasteiger partial charge < -0.3 is 9.84 Å². The first-order valence-corrected chi connectivity index (χ1v) is 6.10.